The third-order valence-corrected chi connectivity index (χ3v) is 5.53. The molecule has 0 fully saturated rings. The normalized spacial score (nSPS) is 11.7. The predicted octanol–water partition coefficient (Wildman–Crippen LogP) is 4.43. The highest BCUT2D eigenvalue weighted by Crippen LogP contribution is 2.24. The minimum Gasteiger partial charge on any atom is -0.352 e. The summed E-state index contributed by atoms with van der Waals surface area (Å²) in [5.41, 5.74) is 8.23. The first-order chi connectivity index (χ1) is 13.9. The molecule has 6 nitrogen and oxygen atoms in total. The second-order valence-corrected chi connectivity index (χ2v) is 8.16. The number of benzene rings is 2. The third kappa shape index (κ3) is 6.04. The van der Waals surface area contributed by atoms with Crippen LogP contribution in [0.5, 0.6) is 0 Å². The van der Waals surface area contributed by atoms with Crippen molar-refractivity contribution in [2.75, 3.05) is 5.32 Å². The van der Waals surface area contributed by atoms with Crippen molar-refractivity contribution in [3.63, 3.8) is 0 Å². The van der Waals surface area contributed by atoms with Crippen LogP contribution < -0.4 is 16.4 Å². The molecule has 0 aliphatic carbocycles. The number of urea groups is 1. The summed E-state index contributed by atoms with van der Waals surface area (Å²) in [5, 5.41) is 6.66. The van der Waals surface area contributed by atoms with Gasteiger partial charge in [0.2, 0.25) is 5.91 Å². The second-order valence-electron chi connectivity index (χ2n) is 6.61. The predicted molar refractivity (Wildman–Crippen MR) is 116 cm³/mol. The molecule has 0 spiro atoms. The Labute approximate surface area is 178 Å². The van der Waals surface area contributed by atoms with Crippen LogP contribution in [0.25, 0.3) is 0 Å². The van der Waals surface area contributed by atoms with E-state index < -0.39 is 12.1 Å². The van der Waals surface area contributed by atoms with E-state index in [-0.39, 0.29) is 12.3 Å². The van der Waals surface area contributed by atoms with Gasteiger partial charge in [0.1, 0.15) is 0 Å². The van der Waals surface area contributed by atoms with Crippen molar-refractivity contribution < 1.29 is 9.59 Å². The van der Waals surface area contributed by atoms with E-state index in [1.54, 1.807) is 6.20 Å². The molecule has 4 N–H and O–H groups in total. The Morgan fingerprint density at radius 3 is 2.59 bits per heavy atom. The molecule has 0 saturated carbocycles. The first-order valence-corrected chi connectivity index (χ1v) is 10.2. The lowest BCUT2D eigenvalue weighted by Crippen LogP contribution is -2.35. The molecule has 2 aromatic carbocycles. The summed E-state index contributed by atoms with van der Waals surface area (Å²) in [4.78, 5) is 29.2. The van der Waals surface area contributed by atoms with Gasteiger partial charge in [-0.25, -0.2) is 9.78 Å². The summed E-state index contributed by atoms with van der Waals surface area (Å²) in [6.07, 6.45) is 2.51. The van der Waals surface area contributed by atoms with Gasteiger partial charge in [-0.3, -0.25) is 4.79 Å². The van der Waals surface area contributed by atoms with Crippen LogP contribution in [0, 0.1) is 6.92 Å². The van der Waals surface area contributed by atoms with Gasteiger partial charge in [0.15, 0.2) is 5.13 Å². The maximum Gasteiger partial charge on any atom is 0.312 e. The van der Waals surface area contributed by atoms with E-state index in [0.717, 1.165) is 21.6 Å². The smallest absolute Gasteiger partial charge is 0.312 e. The average molecular weight is 429 g/mol. The number of rotatable bonds is 7. The molecule has 3 amide bonds. The van der Waals surface area contributed by atoms with Gasteiger partial charge in [0.05, 0.1) is 12.5 Å². The maximum absolute atomic E-state index is 12.5. The first-order valence-electron chi connectivity index (χ1n) is 9.01. The van der Waals surface area contributed by atoms with E-state index in [9.17, 15) is 9.59 Å². The summed E-state index contributed by atoms with van der Waals surface area (Å²) in [6, 6.07) is 14.0. The summed E-state index contributed by atoms with van der Waals surface area (Å²) >= 11 is 7.32. The number of hydrogen-bond donors (Lipinski definition) is 3. The van der Waals surface area contributed by atoms with Crippen molar-refractivity contribution in [2.24, 2.45) is 5.73 Å². The average Bonchev–Trinajstić information content (AvgIpc) is 3.10. The molecular weight excluding hydrogens is 408 g/mol. The molecular formula is C21H21ClN4O2S. The number of anilines is 1. The number of aryl methyl sites for hydroxylation is 1. The van der Waals surface area contributed by atoms with E-state index in [1.807, 2.05) is 55.5 Å². The molecule has 29 heavy (non-hydrogen) atoms. The van der Waals surface area contributed by atoms with Crippen LogP contribution >= 0.6 is 22.9 Å². The fourth-order valence-corrected chi connectivity index (χ4v) is 3.98. The highest BCUT2D eigenvalue weighted by molar-refractivity contribution is 7.15. The molecule has 0 aliphatic rings. The van der Waals surface area contributed by atoms with Gasteiger partial charge >= 0.3 is 6.03 Å². The van der Waals surface area contributed by atoms with Crippen LogP contribution in [0.3, 0.4) is 0 Å². The van der Waals surface area contributed by atoms with E-state index in [0.29, 0.717) is 16.6 Å². The summed E-state index contributed by atoms with van der Waals surface area (Å²) < 4.78 is 0. The van der Waals surface area contributed by atoms with Crippen LogP contribution in [-0.4, -0.2) is 16.9 Å². The Hall–Kier alpha value is -2.90. The van der Waals surface area contributed by atoms with Gasteiger partial charge in [0, 0.05) is 22.5 Å². The van der Waals surface area contributed by atoms with E-state index in [1.165, 1.54) is 11.3 Å². The van der Waals surface area contributed by atoms with Gasteiger partial charge in [-0.05, 0) is 35.7 Å². The maximum atomic E-state index is 12.5. The Morgan fingerprint density at radius 1 is 1.17 bits per heavy atom. The Morgan fingerprint density at radius 2 is 1.90 bits per heavy atom. The summed E-state index contributed by atoms with van der Waals surface area (Å²) in [6.45, 7) is 1.92. The number of nitrogens with one attached hydrogen (secondary N) is 2. The van der Waals surface area contributed by atoms with Gasteiger partial charge in [-0.1, -0.05) is 48.0 Å². The minimum atomic E-state index is -0.675. The minimum absolute atomic E-state index is 0.0554. The van der Waals surface area contributed by atoms with Crippen LogP contribution in [0.4, 0.5) is 9.93 Å². The summed E-state index contributed by atoms with van der Waals surface area (Å²) in [5.74, 6) is -0.251. The third-order valence-electron chi connectivity index (χ3n) is 4.36. The van der Waals surface area contributed by atoms with Crippen molar-refractivity contribution in [3.8, 4) is 0 Å². The largest absolute Gasteiger partial charge is 0.352 e. The standard InChI is InChI=1S/C21H21ClN4O2S/c1-13-4-2-3-5-17(13)18(25-20(23)28)11-19(27)26-21-24-12-16(29-21)10-14-6-8-15(22)9-7-14/h2-9,12,18H,10-11H2,1H3,(H3,23,25,28)(H,24,26,27). The molecule has 0 saturated heterocycles. The topological polar surface area (TPSA) is 97.1 Å². The van der Waals surface area contributed by atoms with Crippen LogP contribution in [-0.2, 0) is 11.2 Å². The second kappa shape index (κ2) is 9.54. The molecule has 1 atom stereocenters. The number of thiazole rings is 1. The number of hydrogen-bond acceptors (Lipinski definition) is 4. The van der Waals surface area contributed by atoms with Crippen LogP contribution in [0.15, 0.2) is 54.7 Å². The number of aromatic nitrogens is 1. The van der Waals surface area contributed by atoms with E-state index >= 15 is 0 Å². The van der Waals surface area contributed by atoms with Crippen LogP contribution in [0.1, 0.15) is 34.0 Å². The van der Waals surface area contributed by atoms with Gasteiger partial charge in [-0.15, -0.1) is 11.3 Å². The molecule has 8 heteroatoms. The molecule has 3 aromatic rings. The van der Waals surface area contributed by atoms with Gasteiger partial charge in [-0.2, -0.15) is 0 Å². The van der Waals surface area contributed by atoms with Crippen molar-refractivity contribution in [1.29, 1.82) is 0 Å². The van der Waals surface area contributed by atoms with Crippen molar-refractivity contribution in [3.05, 3.63) is 81.3 Å². The number of amides is 3. The molecule has 3 rings (SSSR count). The van der Waals surface area contributed by atoms with E-state index in [2.05, 4.69) is 15.6 Å². The zero-order valence-electron chi connectivity index (χ0n) is 15.8. The Bertz CT molecular complexity index is 1000. The van der Waals surface area contributed by atoms with Gasteiger partial charge in [0.25, 0.3) is 0 Å². The first kappa shape index (κ1) is 20.8. The molecule has 1 unspecified atom stereocenters. The summed E-state index contributed by atoms with van der Waals surface area (Å²) in [7, 11) is 0. The highest BCUT2D eigenvalue weighted by atomic mass is 35.5. The van der Waals surface area contributed by atoms with Gasteiger partial charge < -0.3 is 16.4 Å². The number of nitrogens with zero attached hydrogens (tertiary/aromatic N) is 1. The molecule has 0 radical (unpaired) electrons. The SMILES string of the molecule is Cc1ccccc1C(CC(=O)Nc1ncc(Cc2ccc(Cl)cc2)s1)NC(N)=O. The van der Waals surface area contributed by atoms with Crippen molar-refractivity contribution >= 4 is 40.0 Å². The number of halogens is 1. The number of carbonyl (C=O) groups is 2. The Balaban J connectivity index is 1.64. The quantitative estimate of drug-likeness (QED) is 0.519. The van der Waals surface area contributed by atoms with Crippen LogP contribution in [0.2, 0.25) is 5.02 Å². The lowest BCUT2D eigenvalue weighted by atomic mass is 9.98. The molecule has 150 valence electrons. The number of carbonyl (C=O) groups excluding carboxylic acids is 2. The fourth-order valence-electron chi connectivity index (χ4n) is 2.99. The van der Waals surface area contributed by atoms with Crippen molar-refractivity contribution in [1.82, 2.24) is 10.3 Å². The zero-order valence-corrected chi connectivity index (χ0v) is 17.4. The molecule has 0 aliphatic heterocycles. The molecule has 0 bridgehead atoms. The number of nitrogens with two attached hydrogens (primary N) is 1. The zero-order chi connectivity index (χ0) is 20.8. The van der Waals surface area contributed by atoms with Crippen molar-refractivity contribution in [2.45, 2.75) is 25.8 Å². The number of primary amides is 1. The van der Waals surface area contributed by atoms with E-state index in [4.69, 9.17) is 17.3 Å². The monoisotopic (exact) mass is 428 g/mol. The lowest BCUT2D eigenvalue weighted by molar-refractivity contribution is -0.116. The highest BCUT2D eigenvalue weighted by Gasteiger charge is 2.19. The Kier molecular flexibility index (Phi) is 6.85. The lowest BCUT2D eigenvalue weighted by Gasteiger charge is -2.19. The molecule has 1 heterocycles. The molecule has 1 aromatic heterocycles. The fraction of sp³-hybridized carbons (Fsp3) is 0.190.